The zero-order valence-electron chi connectivity index (χ0n) is 22.6. The molecule has 0 aliphatic rings. The molecule has 4 N–H and O–H groups in total. The minimum Gasteiger partial charge on any atom is -0.318 e. The quantitative estimate of drug-likeness (QED) is 0.118. The largest absolute Gasteiger partial charge is 0.318 e. The number of unbranched alkanes of at least 4 members (excludes halogenated alkanes) is 1. The molecule has 0 aromatic heterocycles. The predicted molar refractivity (Wildman–Crippen MR) is 179 cm³/mol. The first-order chi connectivity index (χ1) is 19.2. The average Bonchev–Trinajstić information content (AvgIpc) is 2.95. The summed E-state index contributed by atoms with van der Waals surface area (Å²) in [5.74, 6) is 0. The maximum atomic E-state index is 7.06. The van der Waals surface area contributed by atoms with E-state index in [0.717, 1.165) is 74.9 Å². The Morgan fingerprint density at radius 2 is 0.650 bits per heavy atom. The highest BCUT2D eigenvalue weighted by atomic mass is 35.5. The summed E-state index contributed by atoms with van der Waals surface area (Å²) >= 11 is 24.6. The molecule has 4 aromatic rings. The monoisotopic (exact) mass is 608 g/mol. The lowest BCUT2D eigenvalue weighted by atomic mass is 9.58. The van der Waals surface area contributed by atoms with E-state index in [2.05, 4.69) is 0 Å². The first kappa shape index (κ1) is 31.0. The molecule has 0 bridgehead atoms. The Labute approximate surface area is 259 Å². The van der Waals surface area contributed by atoms with E-state index in [1.807, 2.05) is 97.1 Å². The van der Waals surface area contributed by atoms with Crippen LogP contribution in [-0.4, -0.2) is 14.6 Å². The second-order valence-corrected chi connectivity index (χ2v) is 12.3. The molecule has 0 unspecified atom stereocenters. The lowest BCUT2D eigenvalue weighted by Gasteiger charge is -2.31. The molecule has 0 saturated heterocycles. The van der Waals surface area contributed by atoms with Crippen molar-refractivity contribution in [2.24, 2.45) is 11.5 Å². The predicted octanol–water partition coefficient (Wildman–Crippen LogP) is 8.73. The van der Waals surface area contributed by atoms with E-state index in [4.69, 9.17) is 57.9 Å². The molecule has 0 saturated carbocycles. The van der Waals surface area contributed by atoms with Gasteiger partial charge in [-0.25, -0.2) is 0 Å². The van der Waals surface area contributed by atoms with Gasteiger partial charge < -0.3 is 11.5 Å². The van der Waals surface area contributed by atoms with Crippen LogP contribution in [-0.2, 0) is 11.1 Å². The minimum absolute atomic E-state index is 0.592. The topological polar surface area (TPSA) is 52.0 Å². The van der Waals surface area contributed by atoms with Crippen LogP contribution in [0.1, 0.15) is 35.1 Å². The van der Waals surface area contributed by atoms with Gasteiger partial charge >= 0.3 is 0 Å². The summed E-state index contributed by atoms with van der Waals surface area (Å²) in [6, 6.07) is 31.4. The molecular weight excluding hydrogens is 576 g/mol. The highest BCUT2D eigenvalue weighted by molar-refractivity contribution is 6.37. The van der Waals surface area contributed by atoms with Gasteiger partial charge in [-0.2, -0.15) is 0 Å². The van der Waals surface area contributed by atoms with E-state index >= 15 is 0 Å². The Bertz CT molecular complexity index is 1150. The molecule has 2 nitrogen and oxygen atoms in total. The van der Waals surface area contributed by atoms with E-state index in [0.29, 0.717) is 20.1 Å². The number of benzene rings is 4. The molecule has 0 spiro atoms. The summed E-state index contributed by atoms with van der Waals surface area (Å²) in [5, 5.41) is 2.82. The molecule has 40 heavy (non-hydrogen) atoms. The molecule has 8 heteroatoms. The lowest BCUT2D eigenvalue weighted by molar-refractivity contribution is 0.596. The van der Waals surface area contributed by atoms with Gasteiger partial charge in [0, 0.05) is 20.1 Å². The number of rotatable bonds is 13. The van der Waals surface area contributed by atoms with Gasteiger partial charge in [-0.3, -0.25) is 0 Å². The Kier molecular flexibility index (Phi) is 11.1. The van der Waals surface area contributed by atoms with Crippen molar-refractivity contribution in [3.63, 3.8) is 0 Å². The van der Waals surface area contributed by atoms with Gasteiger partial charge in [-0.1, -0.05) is 133 Å². The number of hydrogen-bond acceptors (Lipinski definition) is 2. The van der Waals surface area contributed by atoms with Gasteiger partial charge in [0.2, 0.25) is 0 Å². The van der Waals surface area contributed by atoms with E-state index < -0.39 is 11.1 Å². The Morgan fingerprint density at radius 3 is 0.875 bits per heavy atom. The van der Waals surface area contributed by atoms with E-state index in [1.54, 1.807) is 0 Å². The lowest BCUT2D eigenvalue weighted by Crippen LogP contribution is -2.39. The molecule has 0 amide bonds. The second-order valence-electron chi connectivity index (χ2n) is 10.6. The van der Waals surface area contributed by atoms with Gasteiger partial charge in [0.15, 0.2) is 0 Å². The Morgan fingerprint density at radius 1 is 0.425 bits per heavy atom. The number of halogens is 4. The average molecular weight is 610 g/mol. The minimum atomic E-state index is -0.592. The molecule has 206 valence electrons. The highest BCUT2D eigenvalue weighted by Crippen LogP contribution is 2.34. The zero-order valence-corrected chi connectivity index (χ0v) is 25.6. The van der Waals surface area contributed by atoms with Crippen molar-refractivity contribution in [2.45, 2.75) is 49.2 Å². The van der Waals surface area contributed by atoms with Crippen molar-refractivity contribution in [3.8, 4) is 0 Å². The summed E-state index contributed by atoms with van der Waals surface area (Å²) in [6.07, 6.45) is 6.21. The van der Waals surface area contributed by atoms with Crippen LogP contribution >= 0.6 is 46.4 Å². The standard InChI is InChI=1S/C32H34B2Cl4N2/c35-27-11-3-23(4-12-27)31(39,24-5-13-28(36)14-6-24)21-33-19-1-2-20-34-22-32(40,25-7-15-29(37)16-8-25)26-9-17-30(38)18-10-26/h3-18,33-34H,1-2,19-22,39-40H2. The SMILES string of the molecule is NC(CBCCCCBCC(N)(c1ccc(Cl)cc1)c1ccc(Cl)cc1)(c1ccc(Cl)cc1)c1ccc(Cl)cc1. The van der Waals surface area contributed by atoms with Crippen LogP contribution in [0.5, 0.6) is 0 Å². The summed E-state index contributed by atoms with van der Waals surface area (Å²) in [7, 11) is 2.05. The molecule has 4 aromatic carbocycles. The normalized spacial score (nSPS) is 11.8. The Hall–Kier alpha value is -1.91. The van der Waals surface area contributed by atoms with Crippen LogP contribution in [0.3, 0.4) is 0 Å². The molecular formula is C32H34B2Cl4N2. The van der Waals surface area contributed by atoms with Crippen molar-refractivity contribution in [3.05, 3.63) is 139 Å². The molecule has 0 aliphatic heterocycles. The summed E-state index contributed by atoms with van der Waals surface area (Å²) in [6.45, 7) is 0. The van der Waals surface area contributed by atoms with Crippen molar-refractivity contribution in [1.29, 1.82) is 0 Å². The number of hydrogen-bond donors (Lipinski definition) is 2. The first-order valence-corrected chi connectivity index (χ1v) is 15.3. The van der Waals surface area contributed by atoms with Crippen molar-refractivity contribution in [1.82, 2.24) is 0 Å². The third-order valence-electron chi connectivity index (χ3n) is 7.83. The molecule has 0 fully saturated rings. The van der Waals surface area contributed by atoms with Crippen LogP contribution in [0, 0.1) is 0 Å². The summed E-state index contributed by atoms with van der Waals surface area (Å²) in [4.78, 5) is 0. The van der Waals surface area contributed by atoms with E-state index in [-0.39, 0.29) is 0 Å². The van der Waals surface area contributed by atoms with E-state index in [1.165, 1.54) is 0 Å². The van der Waals surface area contributed by atoms with Crippen LogP contribution in [0.4, 0.5) is 0 Å². The molecule has 0 atom stereocenters. The smallest absolute Gasteiger partial charge is 0.123 e. The third-order valence-corrected chi connectivity index (χ3v) is 8.84. The number of nitrogens with two attached hydrogens (primary N) is 2. The molecule has 0 aliphatic carbocycles. The van der Waals surface area contributed by atoms with Gasteiger partial charge in [-0.15, -0.1) is 0 Å². The van der Waals surface area contributed by atoms with Crippen molar-refractivity contribution >= 4 is 61.0 Å². The first-order valence-electron chi connectivity index (χ1n) is 13.8. The fraction of sp³-hybridized carbons (Fsp3) is 0.250. The van der Waals surface area contributed by atoms with Crippen LogP contribution in [0.2, 0.25) is 45.4 Å². The maximum Gasteiger partial charge on any atom is 0.123 e. The van der Waals surface area contributed by atoms with Crippen LogP contribution in [0.15, 0.2) is 97.1 Å². The summed E-state index contributed by atoms with van der Waals surface area (Å²) < 4.78 is 0. The molecule has 0 radical (unpaired) electrons. The van der Waals surface area contributed by atoms with E-state index in [9.17, 15) is 0 Å². The molecule has 0 heterocycles. The van der Waals surface area contributed by atoms with Crippen LogP contribution < -0.4 is 11.5 Å². The van der Waals surface area contributed by atoms with Gasteiger partial charge in [0.25, 0.3) is 0 Å². The highest BCUT2D eigenvalue weighted by Gasteiger charge is 2.30. The van der Waals surface area contributed by atoms with Gasteiger partial charge in [0.1, 0.15) is 14.6 Å². The molecule has 4 rings (SSSR count). The Balaban J connectivity index is 1.31. The fourth-order valence-electron chi connectivity index (χ4n) is 5.41. The van der Waals surface area contributed by atoms with Crippen molar-refractivity contribution in [2.75, 3.05) is 0 Å². The van der Waals surface area contributed by atoms with Gasteiger partial charge in [0.05, 0.1) is 11.1 Å². The van der Waals surface area contributed by atoms with Crippen molar-refractivity contribution < 1.29 is 0 Å². The maximum absolute atomic E-state index is 7.06. The van der Waals surface area contributed by atoms with Crippen LogP contribution in [0.25, 0.3) is 0 Å². The fourth-order valence-corrected chi connectivity index (χ4v) is 5.92. The second kappa shape index (κ2) is 14.3. The third kappa shape index (κ3) is 7.88. The summed E-state index contributed by atoms with van der Waals surface area (Å²) in [5.41, 5.74) is 17.2. The van der Waals surface area contributed by atoms with Gasteiger partial charge in [-0.05, 0) is 70.8 Å². The zero-order chi connectivity index (χ0) is 28.6.